The summed E-state index contributed by atoms with van der Waals surface area (Å²) in [4.78, 5) is 0. The lowest BCUT2D eigenvalue weighted by atomic mass is 10.1. The van der Waals surface area contributed by atoms with E-state index in [1.165, 1.54) is 6.42 Å². The second-order valence-corrected chi connectivity index (χ2v) is 5.00. The van der Waals surface area contributed by atoms with Crippen LogP contribution in [0.25, 0.3) is 0 Å². The Bertz CT molecular complexity index is 107. The van der Waals surface area contributed by atoms with Gasteiger partial charge in [0.1, 0.15) is 0 Å². The fourth-order valence-electron chi connectivity index (χ4n) is 0.755. The molecule has 2 heteroatoms. The predicted molar refractivity (Wildman–Crippen MR) is 47.6 cm³/mol. The van der Waals surface area contributed by atoms with Crippen LogP contribution >= 0.6 is 21.6 Å². The quantitative estimate of drug-likeness (QED) is 0.540. The Morgan fingerprint density at radius 1 is 1.56 bits per heavy atom. The van der Waals surface area contributed by atoms with Crippen molar-refractivity contribution >= 4 is 21.6 Å². The van der Waals surface area contributed by atoms with Gasteiger partial charge in [-0.1, -0.05) is 41.5 Å². The highest BCUT2D eigenvalue weighted by Gasteiger charge is 2.14. The van der Waals surface area contributed by atoms with Crippen molar-refractivity contribution in [3.8, 4) is 0 Å². The fourth-order valence-corrected chi connectivity index (χ4v) is 3.32. The van der Waals surface area contributed by atoms with Gasteiger partial charge in [0, 0.05) is 5.25 Å². The summed E-state index contributed by atoms with van der Waals surface area (Å²) in [6.07, 6.45) is 3.53. The third-order valence-electron chi connectivity index (χ3n) is 1.44. The average Bonchev–Trinajstić information content (AvgIpc) is 1.90. The van der Waals surface area contributed by atoms with E-state index in [4.69, 9.17) is 0 Å². The molecule has 1 unspecified atom stereocenters. The lowest BCUT2D eigenvalue weighted by molar-refractivity contribution is 0.614. The summed E-state index contributed by atoms with van der Waals surface area (Å²) in [7, 11) is 3.87. The second-order valence-electron chi connectivity index (χ2n) is 2.58. The van der Waals surface area contributed by atoms with Gasteiger partial charge in [-0.15, -0.1) is 0 Å². The second kappa shape index (κ2) is 3.57. The minimum Gasteiger partial charge on any atom is -0.0855 e. The minimum atomic E-state index is 0.826. The van der Waals surface area contributed by atoms with Crippen molar-refractivity contribution in [3.63, 3.8) is 0 Å². The Balaban J connectivity index is 2.35. The van der Waals surface area contributed by atoms with Crippen molar-refractivity contribution in [2.24, 2.45) is 5.92 Å². The molecule has 1 atom stereocenters. The largest absolute Gasteiger partial charge is 0.0855 e. The Morgan fingerprint density at radius 3 is 2.67 bits per heavy atom. The van der Waals surface area contributed by atoms with Crippen molar-refractivity contribution < 1.29 is 0 Å². The van der Waals surface area contributed by atoms with Crippen LogP contribution in [0.1, 0.15) is 20.3 Å². The van der Waals surface area contributed by atoms with Crippen molar-refractivity contribution in [1.82, 2.24) is 0 Å². The smallest absolute Gasteiger partial charge is 0.0212 e. The van der Waals surface area contributed by atoms with Gasteiger partial charge in [-0.2, -0.15) is 0 Å². The molecule has 0 spiro atoms. The first-order valence-electron chi connectivity index (χ1n) is 3.28. The lowest BCUT2D eigenvalue weighted by Crippen LogP contribution is -2.09. The molecule has 9 heavy (non-hydrogen) atoms. The zero-order chi connectivity index (χ0) is 6.69. The fraction of sp³-hybridized carbons (Fsp3) is 0.714. The highest BCUT2D eigenvalue weighted by molar-refractivity contribution is 8.78. The molecule has 1 rings (SSSR count). The van der Waals surface area contributed by atoms with E-state index in [2.05, 4.69) is 25.3 Å². The summed E-state index contributed by atoms with van der Waals surface area (Å²) in [5.41, 5.74) is 0. The van der Waals surface area contributed by atoms with E-state index in [0.717, 1.165) is 11.2 Å². The molecule has 0 saturated carbocycles. The van der Waals surface area contributed by atoms with E-state index >= 15 is 0 Å². The van der Waals surface area contributed by atoms with Crippen LogP contribution < -0.4 is 0 Å². The van der Waals surface area contributed by atoms with Gasteiger partial charge in [-0.05, 0) is 17.7 Å². The Labute approximate surface area is 64.9 Å². The van der Waals surface area contributed by atoms with Crippen LogP contribution in [0.3, 0.4) is 0 Å². The first-order valence-corrected chi connectivity index (χ1v) is 5.55. The minimum absolute atomic E-state index is 0.826. The van der Waals surface area contributed by atoms with Gasteiger partial charge in [0.05, 0.1) is 0 Å². The summed E-state index contributed by atoms with van der Waals surface area (Å²) in [5.74, 6) is 0.826. The highest BCUT2D eigenvalue weighted by atomic mass is 33.1. The van der Waals surface area contributed by atoms with Crippen molar-refractivity contribution in [2.45, 2.75) is 25.5 Å². The molecule has 0 aliphatic carbocycles. The van der Waals surface area contributed by atoms with Gasteiger partial charge in [0.25, 0.3) is 0 Å². The van der Waals surface area contributed by atoms with Crippen LogP contribution in [0.5, 0.6) is 0 Å². The zero-order valence-electron chi connectivity index (χ0n) is 5.83. The number of hydrogen-bond acceptors (Lipinski definition) is 2. The Kier molecular flexibility index (Phi) is 2.99. The maximum atomic E-state index is 2.29. The standard InChI is InChI=1S/C7H12S2/c1-6(2)7-4-3-5-8-9-7/h3,5-7H,4H2,1-2H3. The first kappa shape index (κ1) is 7.55. The first-order chi connectivity index (χ1) is 4.30. The van der Waals surface area contributed by atoms with Gasteiger partial charge >= 0.3 is 0 Å². The van der Waals surface area contributed by atoms with E-state index in [1.54, 1.807) is 0 Å². The molecule has 0 bridgehead atoms. The molecule has 0 N–H and O–H groups in total. The number of rotatable bonds is 1. The molecule has 0 amide bonds. The molecule has 0 aromatic heterocycles. The van der Waals surface area contributed by atoms with E-state index in [9.17, 15) is 0 Å². The van der Waals surface area contributed by atoms with E-state index in [0.29, 0.717) is 0 Å². The van der Waals surface area contributed by atoms with Crippen LogP contribution in [0, 0.1) is 5.92 Å². The van der Waals surface area contributed by atoms with Crippen molar-refractivity contribution in [2.75, 3.05) is 0 Å². The molecule has 0 aromatic rings. The van der Waals surface area contributed by atoms with Crippen LogP contribution in [0.2, 0.25) is 0 Å². The van der Waals surface area contributed by atoms with Gasteiger partial charge in [-0.25, -0.2) is 0 Å². The molecule has 52 valence electrons. The normalized spacial score (nSPS) is 27.2. The monoisotopic (exact) mass is 160 g/mol. The molecular weight excluding hydrogens is 148 g/mol. The van der Waals surface area contributed by atoms with Gasteiger partial charge in [0.2, 0.25) is 0 Å². The Hall–Kier alpha value is 0.440. The number of hydrogen-bond donors (Lipinski definition) is 0. The Morgan fingerprint density at radius 2 is 2.33 bits per heavy atom. The molecule has 0 nitrogen and oxygen atoms in total. The van der Waals surface area contributed by atoms with Gasteiger partial charge < -0.3 is 0 Å². The SMILES string of the molecule is CC(C)C1CC=CSS1. The summed E-state index contributed by atoms with van der Waals surface area (Å²) < 4.78 is 0. The van der Waals surface area contributed by atoms with Crippen LogP contribution in [-0.4, -0.2) is 5.25 Å². The molecule has 0 fully saturated rings. The topological polar surface area (TPSA) is 0 Å². The molecule has 0 aromatic carbocycles. The molecule has 1 aliphatic heterocycles. The maximum absolute atomic E-state index is 2.29. The van der Waals surface area contributed by atoms with Gasteiger partial charge in [-0.3, -0.25) is 0 Å². The molecule has 1 aliphatic rings. The third kappa shape index (κ3) is 2.26. The van der Waals surface area contributed by atoms with E-state index in [1.807, 2.05) is 21.6 Å². The van der Waals surface area contributed by atoms with Crippen LogP contribution in [0.4, 0.5) is 0 Å². The summed E-state index contributed by atoms with van der Waals surface area (Å²) >= 11 is 0. The van der Waals surface area contributed by atoms with Crippen LogP contribution in [-0.2, 0) is 0 Å². The molecule has 1 heterocycles. The molecular formula is C7H12S2. The predicted octanol–water partition coefficient (Wildman–Crippen LogP) is 3.31. The summed E-state index contributed by atoms with van der Waals surface area (Å²) in [5, 5.41) is 3.03. The van der Waals surface area contributed by atoms with Crippen molar-refractivity contribution in [1.29, 1.82) is 0 Å². The summed E-state index contributed by atoms with van der Waals surface area (Å²) in [6, 6.07) is 0. The summed E-state index contributed by atoms with van der Waals surface area (Å²) in [6.45, 7) is 4.58. The number of allylic oxidation sites excluding steroid dienone is 1. The van der Waals surface area contributed by atoms with Crippen LogP contribution in [0.15, 0.2) is 11.5 Å². The third-order valence-corrected chi connectivity index (χ3v) is 4.25. The molecule has 0 radical (unpaired) electrons. The zero-order valence-corrected chi connectivity index (χ0v) is 7.47. The highest BCUT2D eigenvalue weighted by Crippen LogP contribution is 2.37. The van der Waals surface area contributed by atoms with Crippen molar-refractivity contribution in [3.05, 3.63) is 11.5 Å². The lowest BCUT2D eigenvalue weighted by Gasteiger charge is -2.19. The average molecular weight is 160 g/mol. The van der Waals surface area contributed by atoms with E-state index < -0.39 is 0 Å². The maximum Gasteiger partial charge on any atom is 0.0212 e. The van der Waals surface area contributed by atoms with E-state index in [-0.39, 0.29) is 0 Å². The molecule has 0 saturated heterocycles. The van der Waals surface area contributed by atoms with Gasteiger partial charge in [0.15, 0.2) is 0 Å².